The van der Waals surface area contributed by atoms with E-state index in [1.54, 1.807) is 12.5 Å². The van der Waals surface area contributed by atoms with Gasteiger partial charge in [-0.15, -0.1) is 0 Å². The Balaban J connectivity index is 1.47. The van der Waals surface area contributed by atoms with Gasteiger partial charge < -0.3 is 9.73 Å². The van der Waals surface area contributed by atoms with E-state index in [2.05, 4.69) is 32.5 Å². The number of anilines is 1. The number of H-pyrrole nitrogens is 1. The summed E-state index contributed by atoms with van der Waals surface area (Å²) in [4.78, 5) is 13.8. The lowest BCUT2D eigenvalue weighted by Gasteiger charge is -2.32. The van der Waals surface area contributed by atoms with Crippen molar-refractivity contribution in [1.82, 2.24) is 15.1 Å². The van der Waals surface area contributed by atoms with E-state index in [1.165, 1.54) is 12.5 Å². The van der Waals surface area contributed by atoms with Crippen molar-refractivity contribution in [2.75, 3.05) is 18.4 Å². The highest BCUT2D eigenvalue weighted by molar-refractivity contribution is 5.89. The van der Waals surface area contributed by atoms with Crippen molar-refractivity contribution in [2.24, 2.45) is 0 Å². The van der Waals surface area contributed by atoms with Crippen LogP contribution in [-0.2, 0) is 11.3 Å². The first-order chi connectivity index (χ1) is 12.2. The number of aromatic nitrogens is 2. The zero-order valence-electron chi connectivity index (χ0n) is 14.3. The molecule has 0 saturated carbocycles. The van der Waals surface area contributed by atoms with Gasteiger partial charge in [0, 0.05) is 31.3 Å². The lowest BCUT2D eigenvalue weighted by atomic mass is 9.93. The number of carbonyl (C=O) groups is 1. The summed E-state index contributed by atoms with van der Waals surface area (Å²) in [5.74, 6) is 0.291. The van der Waals surface area contributed by atoms with E-state index in [0.29, 0.717) is 5.92 Å². The van der Waals surface area contributed by atoms with Crippen LogP contribution >= 0.6 is 0 Å². The molecule has 6 heteroatoms. The maximum atomic E-state index is 11.4. The Labute approximate surface area is 146 Å². The van der Waals surface area contributed by atoms with Crippen LogP contribution in [0.5, 0.6) is 0 Å². The van der Waals surface area contributed by atoms with Crippen LogP contribution in [0.4, 0.5) is 5.69 Å². The molecule has 0 radical (unpaired) electrons. The summed E-state index contributed by atoms with van der Waals surface area (Å²) in [6.45, 7) is 4.49. The number of nitrogens with zero attached hydrogens (tertiary/aromatic N) is 2. The van der Waals surface area contributed by atoms with Gasteiger partial charge in [-0.3, -0.25) is 14.8 Å². The highest BCUT2D eigenvalue weighted by atomic mass is 16.3. The Hall–Kier alpha value is -2.60. The minimum absolute atomic E-state index is 0.0660. The number of benzene rings is 1. The lowest BCUT2D eigenvalue weighted by Crippen LogP contribution is -2.34. The third-order valence-electron chi connectivity index (χ3n) is 4.82. The van der Waals surface area contributed by atoms with Gasteiger partial charge in [-0.1, -0.05) is 6.07 Å². The average molecular weight is 338 g/mol. The van der Waals surface area contributed by atoms with Gasteiger partial charge in [-0.25, -0.2) is 0 Å². The number of hydrogen-bond acceptors (Lipinski definition) is 4. The predicted molar refractivity (Wildman–Crippen MR) is 96.4 cm³/mol. The van der Waals surface area contributed by atoms with Crippen LogP contribution in [0.2, 0.25) is 0 Å². The highest BCUT2D eigenvalue weighted by Crippen LogP contribution is 2.31. The fraction of sp³-hybridized carbons (Fsp3) is 0.368. The molecule has 1 atom stereocenters. The van der Waals surface area contributed by atoms with E-state index in [4.69, 9.17) is 4.42 Å². The summed E-state index contributed by atoms with van der Waals surface area (Å²) in [5.41, 5.74) is 4.06. The number of nitrogens with one attached hydrogen (secondary N) is 2. The third-order valence-corrected chi connectivity index (χ3v) is 4.82. The maximum absolute atomic E-state index is 11.4. The molecule has 0 spiro atoms. The number of rotatable bonds is 4. The molecular formula is C19H22N4O2. The second-order valence-corrected chi connectivity index (χ2v) is 6.75. The van der Waals surface area contributed by atoms with Crippen LogP contribution in [0.25, 0.3) is 11.0 Å². The van der Waals surface area contributed by atoms with Crippen molar-refractivity contribution >= 4 is 22.6 Å². The van der Waals surface area contributed by atoms with Crippen molar-refractivity contribution in [3.05, 3.63) is 48.0 Å². The van der Waals surface area contributed by atoms with Gasteiger partial charge in [0.15, 0.2) is 0 Å². The number of piperidine rings is 1. The molecule has 1 aromatic carbocycles. The maximum Gasteiger partial charge on any atom is 0.221 e. The summed E-state index contributed by atoms with van der Waals surface area (Å²) in [7, 11) is 0. The van der Waals surface area contributed by atoms with Gasteiger partial charge in [0.05, 0.1) is 23.8 Å². The fourth-order valence-electron chi connectivity index (χ4n) is 3.70. The largest absolute Gasteiger partial charge is 0.464 e. The summed E-state index contributed by atoms with van der Waals surface area (Å²) in [5, 5.41) is 11.2. The Kier molecular flexibility index (Phi) is 4.28. The van der Waals surface area contributed by atoms with Crippen molar-refractivity contribution in [1.29, 1.82) is 0 Å². The number of furan rings is 1. The van der Waals surface area contributed by atoms with Crippen LogP contribution < -0.4 is 5.32 Å². The summed E-state index contributed by atoms with van der Waals surface area (Å²) in [6, 6.07) is 8.37. The predicted octanol–water partition coefficient (Wildman–Crippen LogP) is 3.49. The van der Waals surface area contributed by atoms with Crippen LogP contribution in [-0.4, -0.2) is 34.1 Å². The van der Waals surface area contributed by atoms with E-state index >= 15 is 0 Å². The van der Waals surface area contributed by atoms with Gasteiger partial charge >= 0.3 is 0 Å². The quantitative estimate of drug-likeness (QED) is 0.763. The fourth-order valence-corrected chi connectivity index (χ4v) is 3.70. The van der Waals surface area contributed by atoms with E-state index in [9.17, 15) is 4.79 Å². The molecular weight excluding hydrogens is 316 g/mol. The van der Waals surface area contributed by atoms with E-state index in [1.807, 2.05) is 12.1 Å². The summed E-state index contributed by atoms with van der Waals surface area (Å²) in [6.07, 6.45) is 5.67. The smallest absolute Gasteiger partial charge is 0.221 e. The monoisotopic (exact) mass is 338 g/mol. The molecule has 1 amide bonds. The zero-order chi connectivity index (χ0) is 17.2. The number of carbonyl (C=O) groups excluding carboxylic acids is 1. The molecule has 3 aromatic rings. The molecule has 25 heavy (non-hydrogen) atoms. The molecule has 1 unspecified atom stereocenters. The van der Waals surface area contributed by atoms with Crippen molar-refractivity contribution in [2.45, 2.75) is 32.2 Å². The Morgan fingerprint density at radius 3 is 3.24 bits per heavy atom. The highest BCUT2D eigenvalue weighted by Gasteiger charge is 2.25. The summed E-state index contributed by atoms with van der Waals surface area (Å²) < 4.78 is 5.41. The van der Waals surface area contributed by atoms with Crippen LogP contribution in [0, 0.1) is 0 Å². The number of aromatic amines is 1. The van der Waals surface area contributed by atoms with Gasteiger partial charge in [0.1, 0.15) is 5.58 Å². The Morgan fingerprint density at radius 1 is 1.44 bits per heavy atom. The van der Waals surface area contributed by atoms with Crippen molar-refractivity contribution in [3.8, 4) is 0 Å². The normalized spacial score (nSPS) is 18.5. The molecule has 1 saturated heterocycles. The number of amides is 1. The first-order valence-electron chi connectivity index (χ1n) is 8.68. The molecule has 0 aliphatic carbocycles. The molecule has 1 fully saturated rings. The van der Waals surface area contributed by atoms with E-state index < -0.39 is 0 Å². The van der Waals surface area contributed by atoms with E-state index in [-0.39, 0.29) is 5.91 Å². The molecule has 6 nitrogen and oxygen atoms in total. The Morgan fingerprint density at radius 2 is 2.36 bits per heavy atom. The first-order valence-corrected chi connectivity index (χ1v) is 8.68. The average Bonchev–Trinajstić information content (AvgIpc) is 3.23. The number of fused-ring (bicyclic) bond motifs is 1. The van der Waals surface area contributed by atoms with Crippen molar-refractivity contribution in [3.63, 3.8) is 0 Å². The van der Waals surface area contributed by atoms with Crippen LogP contribution in [0.1, 0.15) is 36.9 Å². The topological polar surface area (TPSA) is 74.2 Å². The van der Waals surface area contributed by atoms with Gasteiger partial charge in [-0.2, -0.15) is 5.10 Å². The minimum Gasteiger partial charge on any atom is -0.464 e. The van der Waals surface area contributed by atoms with Gasteiger partial charge in [-0.05, 0) is 43.1 Å². The molecule has 130 valence electrons. The molecule has 1 aliphatic heterocycles. The molecule has 3 heterocycles. The molecule has 2 aromatic heterocycles. The number of likely N-dealkylation sites (tertiary alicyclic amines) is 1. The second-order valence-electron chi connectivity index (χ2n) is 6.75. The van der Waals surface area contributed by atoms with Crippen LogP contribution in [0.15, 0.2) is 41.1 Å². The third kappa shape index (κ3) is 3.44. The molecule has 1 aliphatic rings. The van der Waals surface area contributed by atoms with Gasteiger partial charge in [0.2, 0.25) is 5.91 Å². The second kappa shape index (κ2) is 6.72. The lowest BCUT2D eigenvalue weighted by molar-refractivity contribution is -0.114. The zero-order valence-corrected chi connectivity index (χ0v) is 14.3. The SMILES string of the molecule is CC(=O)Nc1cn[nH]c1C1CCCN(Cc2ccc3occc3c2)C1. The standard InChI is InChI=1S/C19H22N4O2/c1-13(24)21-17-10-20-22-19(17)16-3-2-7-23(12-16)11-14-4-5-18-15(9-14)6-8-25-18/h4-6,8-10,16H,2-3,7,11-12H2,1H3,(H,20,22)(H,21,24). The molecule has 0 bridgehead atoms. The van der Waals surface area contributed by atoms with Crippen LogP contribution in [0.3, 0.4) is 0 Å². The Bertz CT molecular complexity index is 882. The first kappa shape index (κ1) is 15.9. The number of hydrogen-bond donors (Lipinski definition) is 2. The molecule has 2 N–H and O–H groups in total. The summed E-state index contributed by atoms with van der Waals surface area (Å²) >= 11 is 0. The minimum atomic E-state index is -0.0660. The molecule has 4 rings (SSSR count). The van der Waals surface area contributed by atoms with Crippen molar-refractivity contribution < 1.29 is 9.21 Å². The van der Waals surface area contributed by atoms with Gasteiger partial charge in [0.25, 0.3) is 0 Å². The van der Waals surface area contributed by atoms with E-state index in [0.717, 1.165) is 54.8 Å².